The van der Waals surface area contributed by atoms with Gasteiger partial charge in [-0.2, -0.15) is 0 Å². The molecular weight excluding hydrogens is 1060 g/mol. The maximum atomic E-state index is 4.99. The Bertz CT molecular complexity index is 1450. The fourth-order valence-electron chi connectivity index (χ4n) is 14.0. The molecule has 0 N–H and O–H groups in total. The van der Waals surface area contributed by atoms with E-state index in [2.05, 4.69) is 74.2 Å². The summed E-state index contributed by atoms with van der Waals surface area (Å²) in [7, 11) is 0. The fraction of sp³-hybridized carbons (Fsp3) is 0.881. The van der Waals surface area contributed by atoms with E-state index in [0.717, 1.165) is 24.5 Å². The molecule has 0 aliphatic rings. The summed E-state index contributed by atoms with van der Waals surface area (Å²) in [5.74, 6) is 0. The third kappa shape index (κ3) is 55.8. The predicted octanol–water partition coefficient (Wildman–Crippen LogP) is 28.8. The lowest BCUT2D eigenvalue weighted by Gasteiger charge is -2.23. The van der Waals surface area contributed by atoms with Gasteiger partial charge in [-0.1, -0.05) is 413 Å². The van der Waals surface area contributed by atoms with Crippen LogP contribution in [0.2, 0.25) is 0 Å². The van der Waals surface area contributed by atoms with Gasteiger partial charge < -0.3 is 0 Å². The molecule has 0 spiro atoms. The summed E-state index contributed by atoms with van der Waals surface area (Å²) < 4.78 is 0. The van der Waals surface area contributed by atoms with E-state index in [-0.39, 0.29) is 0 Å². The lowest BCUT2D eigenvalue weighted by Crippen LogP contribution is -2.26. The highest BCUT2D eigenvalue weighted by Gasteiger charge is 2.12. The Morgan fingerprint density at radius 3 is 0.511 bits per heavy atom. The highest BCUT2D eigenvalue weighted by Crippen LogP contribution is 2.23. The van der Waals surface area contributed by atoms with Gasteiger partial charge in [-0.3, -0.25) is 19.8 Å². The largest absolute Gasteiger partial charge is 0.299 e. The van der Waals surface area contributed by atoms with E-state index >= 15 is 0 Å². The lowest BCUT2D eigenvalue weighted by atomic mass is 10.0. The fourth-order valence-corrected chi connectivity index (χ4v) is 14.0. The molecule has 514 valence electrons. The zero-order chi connectivity index (χ0) is 62.6. The van der Waals surface area contributed by atoms with Gasteiger partial charge in [-0.05, 0) is 87.3 Å². The molecule has 0 saturated carbocycles. The first-order chi connectivity index (χ1) is 43.7. The molecule has 0 aromatic carbocycles. The Morgan fingerprint density at radius 2 is 0.352 bits per heavy atom. The molecule has 0 radical (unpaired) electrons. The summed E-state index contributed by atoms with van der Waals surface area (Å²) in [4.78, 5) is 15.6. The molecule has 2 rings (SSSR count). The summed E-state index contributed by atoms with van der Waals surface area (Å²) in [6.45, 7) is 16.2. The third-order valence-electron chi connectivity index (χ3n) is 20.0. The molecule has 88 heavy (non-hydrogen) atoms. The van der Waals surface area contributed by atoms with Crippen LogP contribution in [-0.4, -0.2) is 45.9 Å². The first-order valence-corrected chi connectivity index (χ1v) is 41.0. The van der Waals surface area contributed by atoms with Crippen LogP contribution in [0.3, 0.4) is 0 Å². The Hall–Kier alpha value is -1.78. The highest BCUT2D eigenvalue weighted by atomic mass is 15.1. The van der Waals surface area contributed by atoms with Gasteiger partial charge in [0.25, 0.3) is 0 Å². The second kappa shape index (κ2) is 68.1. The van der Waals surface area contributed by atoms with Crippen LogP contribution in [0.1, 0.15) is 450 Å². The number of rotatable bonds is 73. The topological polar surface area (TPSA) is 32.3 Å². The number of pyridine rings is 2. The zero-order valence-corrected chi connectivity index (χ0v) is 60.8. The van der Waals surface area contributed by atoms with Crippen LogP contribution in [0.4, 0.5) is 0 Å². The molecule has 0 bridgehead atoms. The van der Waals surface area contributed by atoms with Crippen molar-refractivity contribution in [2.45, 2.75) is 452 Å². The van der Waals surface area contributed by atoms with Gasteiger partial charge in [-0.25, -0.2) is 0 Å². The summed E-state index contributed by atoms with van der Waals surface area (Å²) in [6, 6.07) is 9.34. The number of nitrogens with zero attached hydrogens (tertiary/aromatic N) is 4. The van der Waals surface area contributed by atoms with Gasteiger partial charge in [0.1, 0.15) is 0 Å². The predicted molar refractivity (Wildman–Crippen MR) is 396 cm³/mol. The molecule has 0 aliphatic carbocycles. The van der Waals surface area contributed by atoms with Crippen molar-refractivity contribution in [1.29, 1.82) is 0 Å². The molecule has 0 saturated heterocycles. The zero-order valence-electron chi connectivity index (χ0n) is 60.8. The Labute approximate surface area is 553 Å². The van der Waals surface area contributed by atoms with E-state index in [1.54, 1.807) is 0 Å². The van der Waals surface area contributed by atoms with Crippen molar-refractivity contribution in [3.8, 4) is 11.4 Å². The van der Waals surface area contributed by atoms with E-state index < -0.39 is 0 Å². The van der Waals surface area contributed by atoms with Crippen molar-refractivity contribution in [2.75, 3.05) is 26.2 Å². The Morgan fingerprint density at radius 1 is 0.205 bits per heavy atom. The minimum Gasteiger partial charge on any atom is -0.299 e. The minimum absolute atomic E-state index is 1.03. The second-order valence-corrected chi connectivity index (χ2v) is 28.9. The summed E-state index contributed by atoms with van der Waals surface area (Å²) in [5, 5.41) is 0. The standard InChI is InChI=1S/C84H158N4/c1-5-9-13-17-21-25-29-33-37-41-45-49-53-57-61-65-73-87(74-66-62-58-54-50-46-42-38-34-30-26-22-18-14-10-6-2)79-81-69-71-85-83(77-81)84-78-82(70-72-86-84)80-88(75-67-63-59-55-51-47-43-39-35-31-27-23-19-15-11-7-3)76-68-64-60-56-52-48-44-40-36-32-28-24-20-16-12-8-4/h69-72,77-78H,5-68,73-76,79-80H2,1-4H3. The molecule has 0 amide bonds. The first kappa shape index (κ1) is 82.3. The van der Waals surface area contributed by atoms with Crippen LogP contribution in [-0.2, 0) is 13.1 Å². The van der Waals surface area contributed by atoms with E-state index in [9.17, 15) is 0 Å². The average Bonchev–Trinajstić information content (AvgIpc) is 3.59. The molecule has 0 fully saturated rings. The van der Waals surface area contributed by atoms with Crippen molar-refractivity contribution in [3.05, 3.63) is 47.8 Å². The van der Waals surface area contributed by atoms with Gasteiger partial charge in [0, 0.05) is 25.5 Å². The SMILES string of the molecule is CCCCCCCCCCCCCCCCCCN(CCCCCCCCCCCCCCCCCC)Cc1ccnc(-c2cc(CN(CCCCCCCCCCCCCCCCCC)CCCCCCCCCCCCCCCCCC)ccn2)c1. The molecule has 2 aromatic rings. The molecule has 0 aliphatic heterocycles. The molecule has 2 heterocycles. The van der Waals surface area contributed by atoms with Crippen LogP contribution in [0.25, 0.3) is 11.4 Å². The van der Waals surface area contributed by atoms with Crippen LogP contribution in [0.5, 0.6) is 0 Å². The minimum atomic E-state index is 1.03. The second-order valence-electron chi connectivity index (χ2n) is 28.9. The third-order valence-corrected chi connectivity index (χ3v) is 20.0. The normalized spacial score (nSPS) is 11.8. The summed E-state index contributed by atoms with van der Waals surface area (Å²) in [5.41, 5.74) is 4.90. The summed E-state index contributed by atoms with van der Waals surface area (Å²) >= 11 is 0. The highest BCUT2D eigenvalue weighted by molar-refractivity contribution is 5.55. The van der Waals surface area contributed by atoms with Gasteiger partial charge in [0.05, 0.1) is 11.4 Å². The Kier molecular flexibility index (Phi) is 63.7. The van der Waals surface area contributed by atoms with Crippen molar-refractivity contribution < 1.29 is 0 Å². The van der Waals surface area contributed by atoms with E-state index in [0.29, 0.717) is 0 Å². The van der Waals surface area contributed by atoms with Crippen molar-refractivity contribution >= 4 is 0 Å². The quantitative estimate of drug-likeness (QED) is 0.0618. The lowest BCUT2D eigenvalue weighted by molar-refractivity contribution is 0.252. The maximum absolute atomic E-state index is 4.99. The number of aromatic nitrogens is 2. The van der Waals surface area contributed by atoms with Crippen LogP contribution in [0, 0.1) is 0 Å². The molecule has 4 heteroatoms. The smallest absolute Gasteiger partial charge is 0.0889 e. The average molecular weight is 1220 g/mol. The monoisotopic (exact) mass is 1220 g/mol. The Balaban J connectivity index is 1.91. The molecule has 0 atom stereocenters. The maximum Gasteiger partial charge on any atom is 0.0889 e. The van der Waals surface area contributed by atoms with Crippen molar-refractivity contribution in [1.82, 2.24) is 19.8 Å². The van der Waals surface area contributed by atoms with Gasteiger partial charge in [0.15, 0.2) is 0 Å². The van der Waals surface area contributed by atoms with Crippen molar-refractivity contribution in [3.63, 3.8) is 0 Å². The van der Waals surface area contributed by atoms with Gasteiger partial charge in [-0.15, -0.1) is 0 Å². The van der Waals surface area contributed by atoms with Crippen LogP contribution in [0.15, 0.2) is 36.7 Å². The molecule has 4 nitrogen and oxygen atoms in total. The summed E-state index contributed by atoms with van der Waals surface area (Å²) in [6.07, 6.45) is 95.6. The molecule has 2 aromatic heterocycles. The van der Waals surface area contributed by atoms with E-state index in [1.165, 1.54) is 448 Å². The number of hydrogen-bond donors (Lipinski definition) is 0. The van der Waals surface area contributed by atoms with E-state index in [1.807, 2.05) is 0 Å². The van der Waals surface area contributed by atoms with Crippen molar-refractivity contribution in [2.24, 2.45) is 0 Å². The van der Waals surface area contributed by atoms with Crippen LogP contribution < -0.4 is 0 Å². The molecular formula is C84H158N4. The van der Waals surface area contributed by atoms with Gasteiger partial charge >= 0.3 is 0 Å². The number of unbranched alkanes of at least 4 members (excludes halogenated alkanes) is 60. The molecule has 0 unspecified atom stereocenters. The first-order valence-electron chi connectivity index (χ1n) is 41.0. The van der Waals surface area contributed by atoms with Gasteiger partial charge in [0.2, 0.25) is 0 Å². The number of hydrogen-bond acceptors (Lipinski definition) is 4. The van der Waals surface area contributed by atoms with E-state index in [4.69, 9.17) is 9.97 Å². The van der Waals surface area contributed by atoms with Crippen LogP contribution >= 0.6 is 0 Å².